The second kappa shape index (κ2) is 8.92. The lowest BCUT2D eigenvalue weighted by atomic mass is 10.2. The van der Waals surface area contributed by atoms with Crippen molar-refractivity contribution in [1.29, 1.82) is 0 Å². The molecular weight excluding hydrogens is 314 g/mol. The lowest BCUT2D eigenvalue weighted by molar-refractivity contribution is -0.127. The van der Waals surface area contributed by atoms with Gasteiger partial charge in [0.1, 0.15) is 6.54 Å². The molecule has 1 heterocycles. The van der Waals surface area contributed by atoms with Crippen molar-refractivity contribution in [1.82, 2.24) is 20.5 Å². The number of amides is 1. The molecule has 0 atom stereocenters. The predicted octanol–water partition coefficient (Wildman–Crippen LogP) is 1.91. The van der Waals surface area contributed by atoms with E-state index in [4.69, 9.17) is 0 Å². The van der Waals surface area contributed by atoms with Crippen LogP contribution in [0.25, 0.3) is 10.9 Å². The molecule has 6 nitrogen and oxygen atoms in total. The fourth-order valence-electron chi connectivity index (χ4n) is 2.28. The summed E-state index contributed by atoms with van der Waals surface area (Å²) in [6, 6.07) is 10.4. The summed E-state index contributed by atoms with van der Waals surface area (Å²) in [6.45, 7) is 7.27. The van der Waals surface area contributed by atoms with Crippen molar-refractivity contribution >= 4 is 22.8 Å². The average molecular weight is 341 g/mol. The van der Waals surface area contributed by atoms with Gasteiger partial charge in [0.05, 0.1) is 0 Å². The first kappa shape index (κ1) is 18.6. The molecule has 0 aliphatic carbocycles. The van der Waals surface area contributed by atoms with Gasteiger partial charge >= 0.3 is 0 Å². The molecule has 1 amide bonds. The summed E-state index contributed by atoms with van der Waals surface area (Å²) in [5.41, 5.74) is 3.31. The number of nitrogens with one attached hydrogen (secondary N) is 3. The first-order valence-corrected chi connectivity index (χ1v) is 8.39. The highest BCUT2D eigenvalue weighted by Gasteiger charge is 2.05. The number of para-hydroxylation sites is 1. The maximum Gasteiger partial charge on any atom is 0.243 e. The Hall–Kier alpha value is -2.76. The van der Waals surface area contributed by atoms with Gasteiger partial charge in [-0.3, -0.25) is 4.79 Å². The van der Waals surface area contributed by atoms with E-state index in [2.05, 4.69) is 45.4 Å². The Bertz CT molecular complexity index is 727. The summed E-state index contributed by atoms with van der Waals surface area (Å²) >= 11 is 0. The van der Waals surface area contributed by atoms with E-state index in [0.29, 0.717) is 19.0 Å². The minimum atomic E-state index is -0.0351. The molecule has 2 aromatic rings. The van der Waals surface area contributed by atoms with Crippen LogP contribution < -0.4 is 10.6 Å². The molecule has 3 N–H and O–H groups in total. The normalized spacial score (nSPS) is 11.4. The van der Waals surface area contributed by atoms with Crippen molar-refractivity contribution in [2.75, 3.05) is 33.7 Å². The first-order valence-electron chi connectivity index (χ1n) is 8.39. The molecule has 0 spiro atoms. The van der Waals surface area contributed by atoms with Crippen molar-refractivity contribution < 1.29 is 4.79 Å². The van der Waals surface area contributed by atoms with Crippen molar-refractivity contribution in [3.63, 3.8) is 0 Å². The number of nitrogens with zero attached hydrogens (tertiary/aromatic N) is 2. The average Bonchev–Trinajstić information content (AvgIpc) is 2.98. The van der Waals surface area contributed by atoms with Crippen LogP contribution in [0, 0.1) is 0 Å². The highest BCUT2D eigenvalue weighted by atomic mass is 16.2. The van der Waals surface area contributed by atoms with Gasteiger partial charge in [-0.15, -0.1) is 0 Å². The third-order valence-electron chi connectivity index (χ3n) is 3.70. The third-order valence-corrected chi connectivity index (χ3v) is 3.70. The molecule has 134 valence electrons. The van der Waals surface area contributed by atoms with Crippen molar-refractivity contribution in [3.8, 4) is 0 Å². The van der Waals surface area contributed by atoms with Gasteiger partial charge in [-0.2, -0.15) is 0 Å². The summed E-state index contributed by atoms with van der Waals surface area (Å²) in [5, 5.41) is 7.67. The summed E-state index contributed by atoms with van der Waals surface area (Å²) < 4.78 is 0. The summed E-state index contributed by atoms with van der Waals surface area (Å²) in [5.74, 6) is 0.585. The van der Waals surface area contributed by atoms with Crippen LogP contribution in [0.3, 0.4) is 0 Å². The van der Waals surface area contributed by atoms with E-state index in [-0.39, 0.29) is 12.5 Å². The van der Waals surface area contributed by atoms with Gasteiger partial charge in [-0.25, -0.2) is 4.99 Å². The lowest BCUT2D eigenvalue weighted by Gasteiger charge is -2.13. The number of fused-ring (bicyclic) bond motifs is 1. The first-order chi connectivity index (χ1) is 12.0. The highest BCUT2D eigenvalue weighted by Crippen LogP contribution is 2.14. The summed E-state index contributed by atoms with van der Waals surface area (Å²) in [4.78, 5) is 21.0. The topological polar surface area (TPSA) is 72.5 Å². The quantitative estimate of drug-likeness (QED) is 0.409. The Morgan fingerprint density at radius 1 is 1.28 bits per heavy atom. The monoisotopic (exact) mass is 341 g/mol. The highest BCUT2D eigenvalue weighted by molar-refractivity contribution is 5.85. The smallest absolute Gasteiger partial charge is 0.243 e. The number of rotatable bonds is 7. The van der Waals surface area contributed by atoms with E-state index in [1.54, 1.807) is 14.1 Å². The van der Waals surface area contributed by atoms with Gasteiger partial charge in [0.2, 0.25) is 5.91 Å². The van der Waals surface area contributed by atoms with Gasteiger partial charge in [-0.1, -0.05) is 30.4 Å². The number of likely N-dealkylation sites (N-methyl/N-ethyl adjacent to an activating group) is 1. The van der Waals surface area contributed by atoms with Gasteiger partial charge in [0, 0.05) is 44.8 Å². The standard InChI is InChI=1S/C19H27N5O/c1-14(2)12-21-19(22-13-18(25)24(3)4)20-10-9-16-11-15-7-5-6-8-17(15)23-16/h5-8,11,23H,1,9-10,12-13H2,2-4H3,(H2,20,21,22). The third kappa shape index (κ3) is 5.99. The SMILES string of the molecule is C=C(C)CNC(=NCC(=O)N(C)C)NCCc1cc2ccccc2[nH]1. The summed E-state index contributed by atoms with van der Waals surface area (Å²) in [6.07, 6.45) is 0.837. The number of guanidine groups is 1. The van der Waals surface area contributed by atoms with Crippen LogP contribution in [0.15, 0.2) is 47.5 Å². The predicted molar refractivity (Wildman–Crippen MR) is 104 cm³/mol. The van der Waals surface area contributed by atoms with Gasteiger partial charge in [0.15, 0.2) is 5.96 Å². The van der Waals surface area contributed by atoms with Crippen molar-refractivity contribution in [3.05, 3.63) is 48.2 Å². The summed E-state index contributed by atoms with van der Waals surface area (Å²) in [7, 11) is 3.45. The van der Waals surface area contributed by atoms with E-state index in [1.807, 2.05) is 19.1 Å². The zero-order valence-corrected chi connectivity index (χ0v) is 15.2. The Morgan fingerprint density at radius 3 is 2.72 bits per heavy atom. The van der Waals surface area contributed by atoms with Crippen LogP contribution in [0.2, 0.25) is 0 Å². The van der Waals surface area contributed by atoms with Gasteiger partial charge < -0.3 is 20.5 Å². The van der Waals surface area contributed by atoms with Gasteiger partial charge in [-0.05, 0) is 24.4 Å². The molecule has 6 heteroatoms. The molecule has 0 saturated heterocycles. The molecule has 0 radical (unpaired) electrons. The molecule has 1 aromatic carbocycles. The molecule has 0 fully saturated rings. The Kier molecular flexibility index (Phi) is 6.62. The number of carbonyl (C=O) groups excluding carboxylic acids is 1. The molecule has 25 heavy (non-hydrogen) atoms. The number of aromatic amines is 1. The number of aromatic nitrogens is 1. The molecule has 0 unspecified atom stereocenters. The minimum absolute atomic E-state index is 0.0351. The molecule has 0 bridgehead atoms. The molecule has 2 rings (SSSR count). The van der Waals surface area contributed by atoms with E-state index >= 15 is 0 Å². The molecule has 0 aliphatic rings. The molecule has 0 saturated carbocycles. The van der Waals surface area contributed by atoms with Crippen LogP contribution in [0.5, 0.6) is 0 Å². The van der Waals surface area contributed by atoms with Crippen molar-refractivity contribution in [2.24, 2.45) is 4.99 Å². The second-order valence-electron chi connectivity index (χ2n) is 6.32. The molecule has 0 aliphatic heterocycles. The zero-order chi connectivity index (χ0) is 18.2. The van der Waals surface area contributed by atoms with Crippen molar-refractivity contribution in [2.45, 2.75) is 13.3 Å². The van der Waals surface area contributed by atoms with Crippen LogP contribution >= 0.6 is 0 Å². The van der Waals surface area contributed by atoms with E-state index in [1.165, 1.54) is 10.3 Å². The van der Waals surface area contributed by atoms with Crippen LogP contribution in [-0.2, 0) is 11.2 Å². The van der Waals surface area contributed by atoms with E-state index in [0.717, 1.165) is 23.2 Å². The maximum atomic E-state index is 11.7. The van der Waals surface area contributed by atoms with Crippen LogP contribution in [0.4, 0.5) is 0 Å². The maximum absolute atomic E-state index is 11.7. The van der Waals surface area contributed by atoms with E-state index < -0.39 is 0 Å². The van der Waals surface area contributed by atoms with Crippen LogP contribution in [0.1, 0.15) is 12.6 Å². The minimum Gasteiger partial charge on any atom is -0.358 e. The van der Waals surface area contributed by atoms with E-state index in [9.17, 15) is 4.79 Å². The lowest BCUT2D eigenvalue weighted by Crippen LogP contribution is -2.40. The Morgan fingerprint density at radius 2 is 2.04 bits per heavy atom. The van der Waals surface area contributed by atoms with Gasteiger partial charge in [0.25, 0.3) is 0 Å². The Balaban J connectivity index is 1.92. The number of H-pyrrole nitrogens is 1. The number of benzene rings is 1. The van der Waals surface area contributed by atoms with Crippen LogP contribution in [-0.4, -0.2) is 55.5 Å². The fourth-order valence-corrected chi connectivity index (χ4v) is 2.28. The molecular formula is C19H27N5O. The largest absolute Gasteiger partial charge is 0.358 e. The Labute approximate surface area is 149 Å². The fraction of sp³-hybridized carbons (Fsp3) is 0.368. The number of hydrogen-bond acceptors (Lipinski definition) is 2. The molecule has 1 aromatic heterocycles. The second-order valence-corrected chi connectivity index (χ2v) is 6.32. The number of hydrogen-bond donors (Lipinski definition) is 3. The zero-order valence-electron chi connectivity index (χ0n) is 15.2. The number of carbonyl (C=O) groups is 1. The number of aliphatic imine (C=N–C) groups is 1.